The molecule has 0 aromatic rings. The Morgan fingerprint density at radius 2 is 2.43 bits per heavy atom. The van der Waals surface area contributed by atoms with Gasteiger partial charge >= 0.3 is 5.97 Å². The van der Waals surface area contributed by atoms with Crippen LogP contribution in [0.4, 0.5) is 0 Å². The molecule has 0 saturated carbocycles. The number of hydrogen-bond donors (Lipinski definition) is 0. The molecule has 0 bridgehead atoms. The lowest BCUT2D eigenvalue weighted by molar-refractivity contribution is -0.131. The first-order valence-electron chi connectivity index (χ1n) is 1.81. The zero-order valence-corrected chi connectivity index (χ0v) is 5.24. The number of methoxy groups -OCH3 is 1. The van der Waals surface area contributed by atoms with E-state index in [1.165, 1.54) is 12.9 Å². The molecule has 0 aliphatic rings. The predicted molar refractivity (Wildman–Crippen MR) is 30.9 cm³/mol. The van der Waals surface area contributed by atoms with Crippen LogP contribution in [0.25, 0.3) is 0 Å². The van der Waals surface area contributed by atoms with E-state index in [9.17, 15) is 4.79 Å². The molecular weight excluding hydrogens is 111 g/mol. The van der Waals surface area contributed by atoms with Gasteiger partial charge < -0.3 is 4.74 Å². The molecule has 0 amide bonds. The Balaban J connectivity index is 3.37. The van der Waals surface area contributed by atoms with Crippen LogP contribution in [0, 0.1) is 0 Å². The summed E-state index contributed by atoms with van der Waals surface area (Å²) in [6.07, 6.45) is 0. The molecule has 2 nitrogen and oxygen atoms in total. The summed E-state index contributed by atoms with van der Waals surface area (Å²) in [6, 6.07) is 0. The Kier molecular flexibility index (Phi) is 3.62. The van der Waals surface area contributed by atoms with Crippen molar-refractivity contribution in [2.75, 3.05) is 13.8 Å². The van der Waals surface area contributed by atoms with Crippen molar-refractivity contribution in [2.24, 2.45) is 0 Å². The topological polar surface area (TPSA) is 26.3 Å². The first-order valence-corrected chi connectivity index (χ1v) is 3.22. The van der Waals surface area contributed by atoms with Crippen LogP contribution in [-0.4, -0.2) is 25.5 Å². The van der Waals surface area contributed by atoms with Gasteiger partial charge in [-0.25, -0.2) is 4.79 Å². The van der Waals surface area contributed by atoms with Crippen LogP contribution in [0.2, 0.25) is 0 Å². The van der Waals surface area contributed by atoms with Crippen LogP contribution < -0.4 is 0 Å². The van der Waals surface area contributed by atoms with Crippen LogP contribution in [-0.2, 0) is 9.53 Å². The summed E-state index contributed by atoms with van der Waals surface area (Å²) in [5, 5.41) is 0. The maximum atomic E-state index is 10.1. The van der Waals surface area contributed by atoms with Crippen molar-refractivity contribution < 1.29 is 9.53 Å². The molecule has 0 spiro atoms. The molecule has 0 heterocycles. The fraction of sp³-hybridized carbons (Fsp3) is 0.500. The maximum Gasteiger partial charge on any atom is 0.334 e. The van der Waals surface area contributed by atoms with Crippen molar-refractivity contribution in [1.29, 1.82) is 0 Å². The quantitative estimate of drug-likeness (QED) is 0.371. The number of ether oxygens (including phenoxy) is 1. The molecule has 0 aliphatic heterocycles. The van der Waals surface area contributed by atoms with Crippen LogP contribution >= 0.6 is 8.20 Å². The molecule has 0 atom stereocenters. The summed E-state index contributed by atoms with van der Waals surface area (Å²) >= 11 is 0. The fourth-order valence-electron chi connectivity index (χ4n) is 0.158. The van der Waals surface area contributed by atoms with E-state index in [4.69, 9.17) is 0 Å². The van der Waals surface area contributed by atoms with E-state index in [0.29, 0.717) is 0 Å². The zero-order chi connectivity index (χ0) is 5.70. The molecule has 0 radical (unpaired) electrons. The summed E-state index contributed by atoms with van der Waals surface area (Å²) in [6.45, 7) is 1.86. The van der Waals surface area contributed by atoms with Crippen LogP contribution in [0.5, 0.6) is 0 Å². The molecule has 0 aromatic heterocycles. The first-order chi connectivity index (χ1) is 3.31. The largest absolute Gasteiger partial charge is 0.466 e. The van der Waals surface area contributed by atoms with Crippen molar-refractivity contribution in [3.8, 4) is 0 Å². The van der Waals surface area contributed by atoms with Crippen molar-refractivity contribution in [3.05, 3.63) is 0 Å². The summed E-state index contributed by atoms with van der Waals surface area (Å²) in [5.41, 5.74) is 0. The monoisotopic (exact) mass is 118 g/mol. The van der Waals surface area contributed by atoms with Gasteiger partial charge in [-0.3, -0.25) is 0 Å². The van der Waals surface area contributed by atoms with E-state index in [1.807, 2.05) is 6.66 Å². The van der Waals surface area contributed by atoms with Gasteiger partial charge in [0.2, 0.25) is 0 Å². The molecule has 0 rings (SSSR count). The highest BCUT2D eigenvalue weighted by atomic mass is 31.1. The Labute approximate surface area is 44.3 Å². The van der Waals surface area contributed by atoms with Crippen LogP contribution in [0.3, 0.4) is 0 Å². The number of carbonyl (C=O) groups is 1. The Bertz CT molecular complexity index is 87.7. The van der Waals surface area contributed by atoms with Gasteiger partial charge in [-0.2, -0.15) is 0 Å². The normalized spacial score (nSPS) is 9.43. The third-order valence-corrected chi connectivity index (χ3v) is 0.905. The summed E-state index contributed by atoms with van der Waals surface area (Å²) < 4.78 is 4.29. The summed E-state index contributed by atoms with van der Waals surface area (Å²) in [5.74, 6) is 1.20. The molecule has 3 heteroatoms. The van der Waals surface area contributed by atoms with Crippen molar-refractivity contribution in [1.82, 2.24) is 0 Å². The van der Waals surface area contributed by atoms with Gasteiger partial charge in [0, 0.05) is 5.80 Å². The second-order valence-electron chi connectivity index (χ2n) is 0.910. The number of rotatable bonds is 1. The number of hydrogen-bond acceptors (Lipinski definition) is 2. The van der Waals surface area contributed by atoms with Crippen LogP contribution in [0.15, 0.2) is 0 Å². The highest BCUT2D eigenvalue weighted by molar-refractivity contribution is 7.40. The minimum absolute atomic E-state index is 0.260. The second-order valence-corrected chi connectivity index (χ2v) is 1.69. The lowest BCUT2D eigenvalue weighted by Crippen LogP contribution is -1.97. The van der Waals surface area contributed by atoms with Crippen molar-refractivity contribution in [2.45, 2.75) is 0 Å². The predicted octanol–water partition coefficient (Wildman–Crippen LogP) is 0.538. The average molecular weight is 118 g/mol. The van der Waals surface area contributed by atoms with Crippen LogP contribution in [0.1, 0.15) is 0 Å². The van der Waals surface area contributed by atoms with Crippen molar-refractivity contribution >= 4 is 20.0 Å². The minimum Gasteiger partial charge on any atom is -0.466 e. The third kappa shape index (κ3) is 3.47. The van der Waals surface area contributed by atoms with Gasteiger partial charge in [0.15, 0.2) is 0 Å². The number of carbonyl (C=O) groups excluding carboxylic acids is 1. The first kappa shape index (κ1) is 6.64. The summed E-state index contributed by atoms with van der Waals surface area (Å²) in [7, 11) is 2.31. The highest BCUT2D eigenvalue weighted by Crippen LogP contribution is 1.80. The SMILES string of the molecule is COC(=O)C=PC. The van der Waals surface area contributed by atoms with Crippen molar-refractivity contribution in [3.63, 3.8) is 0 Å². The standard InChI is InChI=1S/C4H7O2P/c1-6-4(5)3-7-2/h3H,1-2H3. The molecule has 40 valence electrons. The van der Waals surface area contributed by atoms with Gasteiger partial charge in [-0.05, 0) is 6.66 Å². The van der Waals surface area contributed by atoms with Gasteiger partial charge in [-0.15, -0.1) is 8.20 Å². The van der Waals surface area contributed by atoms with E-state index >= 15 is 0 Å². The molecule has 0 aliphatic carbocycles. The van der Waals surface area contributed by atoms with Gasteiger partial charge in [0.1, 0.15) is 0 Å². The molecule has 0 fully saturated rings. The third-order valence-electron chi connectivity index (χ3n) is 0.436. The molecule has 0 aromatic carbocycles. The summed E-state index contributed by atoms with van der Waals surface area (Å²) in [4.78, 5) is 10.1. The van der Waals surface area contributed by atoms with E-state index in [2.05, 4.69) is 4.74 Å². The molecule has 7 heavy (non-hydrogen) atoms. The van der Waals surface area contributed by atoms with Gasteiger partial charge in [-0.1, -0.05) is 0 Å². The van der Waals surface area contributed by atoms with E-state index in [-0.39, 0.29) is 5.97 Å². The number of esters is 1. The van der Waals surface area contributed by atoms with E-state index < -0.39 is 0 Å². The van der Waals surface area contributed by atoms with Gasteiger partial charge in [0.05, 0.1) is 7.11 Å². The Morgan fingerprint density at radius 1 is 1.86 bits per heavy atom. The second kappa shape index (κ2) is 3.82. The Hall–Kier alpha value is -0.360. The lowest BCUT2D eigenvalue weighted by atomic mass is 10.8. The molecule has 0 saturated heterocycles. The Morgan fingerprint density at radius 3 is 2.57 bits per heavy atom. The van der Waals surface area contributed by atoms with E-state index in [1.54, 1.807) is 0 Å². The van der Waals surface area contributed by atoms with Gasteiger partial charge in [0.25, 0.3) is 0 Å². The average Bonchev–Trinajstić information content (AvgIpc) is 1.68. The maximum absolute atomic E-state index is 10.1. The highest BCUT2D eigenvalue weighted by Gasteiger charge is 1.84. The smallest absolute Gasteiger partial charge is 0.334 e. The molecular formula is C4H7O2P. The minimum atomic E-state index is -0.260. The lowest BCUT2D eigenvalue weighted by Gasteiger charge is -1.84. The van der Waals surface area contributed by atoms with E-state index in [0.717, 1.165) is 8.20 Å². The molecule has 0 unspecified atom stereocenters. The fourth-order valence-corrected chi connectivity index (χ4v) is 0.474. The molecule has 0 N–H and O–H groups in total. The zero-order valence-electron chi connectivity index (χ0n) is 4.34.